The van der Waals surface area contributed by atoms with Crippen LogP contribution in [-0.4, -0.2) is 41.3 Å². The molecule has 0 aliphatic carbocycles. The molecule has 0 saturated heterocycles. The van der Waals surface area contributed by atoms with Gasteiger partial charge < -0.3 is 14.9 Å². The third-order valence-corrected chi connectivity index (χ3v) is 2.12. The highest BCUT2D eigenvalue weighted by Crippen LogP contribution is 2.03. The summed E-state index contributed by atoms with van der Waals surface area (Å²) in [5.41, 5.74) is 0. The Morgan fingerprint density at radius 1 is 1.12 bits per heavy atom. The van der Waals surface area contributed by atoms with Gasteiger partial charge in [0.05, 0.1) is 19.6 Å². The predicted molar refractivity (Wildman–Crippen MR) is 57.8 cm³/mol. The third-order valence-electron chi connectivity index (χ3n) is 2.12. The van der Waals surface area contributed by atoms with Crippen LogP contribution >= 0.6 is 0 Å². The van der Waals surface area contributed by atoms with Crippen LogP contribution in [0.15, 0.2) is 0 Å². The average molecular weight is 232 g/mol. The molecule has 16 heavy (non-hydrogen) atoms. The Balaban J connectivity index is 3.67. The van der Waals surface area contributed by atoms with E-state index in [-0.39, 0.29) is 18.6 Å². The van der Waals surface area contributed by atoms with Gasteiger partial charge in [0.2, 0.25) is 0 Å². The van der Waals surface area contributed by atoms with Gasteiger partial charge >= 0.3 is 5.97 Å². The second kappa shape index (κ2) is 9.30. The molecule has 0 radical (unpaired) electrons. The van der Waals surface area contributed by atoms with E-state index >= 15 is 0 Å². The number of carbonyl (C=O) groups is 2. The number of ether oxygens (including phenoxy) is 1. The lowest BCUT2D eigenvalue weighted by molar-refractivity contribution is -0.154. The highest BCUT2D eigenvalue weighted by atomic mass is 16.6. The standard InChI is InChI=1S/C11H20O5/c1-2-3-4-9(14)5-6-11(15)16-10(7-12)8-13/h10,12-13H,2-8H2,1H3. The molecule has 0 heterocycles. The van der Waals surface area contributed by atoms with E-state index in [1.165, 1.54) is 0 Å². The summed E-state index contributed by atoms with van der Waals surface area (Å²) in [5.74, 6) is -0.513. The average Bonchev–Trinajstić information content (AvgIpc) is 2.30. The van der Waals surface area contributed by atoms with E-state index in [2.05, 4.69) is 0 Å². The SMILES string of the molecule is CCCCC(=O)CCC(=O)OC(CO)CO. The zero-order valence-corrected chi connectivity index (χ0v) is 9.65. The molecule has 0 aliphatic heterocycles. The topological polar surface area (TPSA) is 83.8 Å². The molecule has 0 amide bonds. The lowest BCUT2D eigenvalue weighted by Crippen LogP contribution is -2.25. The smallest absolute Gasteiger partial charge is 0.306 e. The molecule has 0 spiro atoms. The van der Waals surface area contributed by atoms with Crippen molar-refractivity contribution in [1.82, 2.24) is 0 Å². The summed E-state index contributed by atoms with van der Waals surface area (Å²) in [6.07, 6.45) is 1.59. The molecule has 5 heteroatoms. The van der Waals surface area contributed by atoms with Gasteiger partial charge in [0.1, 0.15) is 11.9 Å². The maximum Gasteiger partial charge on any atom is 0.306 e. The first-order valence-corrected chi connectivity index (χ1v) is 5.56. The molecule has 0 fully saturated rings. The molecular weight excluding hydrogens is 212 g/mol. The minimum atomic E-state index is -0.877. The Labute approximate surface area is 95.4 Å². The maximum atomic E-state index is 11.2. The maximum absolute atomic E-state index is 11.2. The quantitative estimate of drug-likeness (QED) is 0.563. The first kappa shape index (κ1) is 15.1. The van der Waals surface area contributed by atoms with Crippen LogP contribution in [0.3, 0.4) is 0 Å². The van der Waals surface area contributed by atoms with E-state index in [1.807, 2.05) is 6.92 Å². The fourth-order valence-corrected chi connectivity index (χ4v) is 1.12. The number of Topliss-reactive ketones (excluding diaryl/α,β-unsaturated/α-hetero) is 1. The van der Waals surface area contributed by atoms with Crippen LogP contribution in [0.2, 0.25) is 0 Å². The van der Waals surface area contributed by atoms with Crippen molar-refractivity contribution in [3.8, 4) is 0 Å². The van der Waals surface area contributed by atoms with Gasteiger partial charge in [-0.15, -0.1) is 0 Å². The first-order chi connectivity index (χ1) is 7.63. The number of hydrogen-bond donors (Lipinski definition) is 2. The molecule has 0 bridgehead atoms. The fourth-order valence-electron chi connectivity index (χ4n) is 1.12. The Morgan fingerprint density at radius 2 is 1.75 bits per heavy atom. The van der Waals surface area contributed by atoms with Gasteiger partial charge in [-0.05, 0) is 6.42 Å². The van der Waals surface area contributed by atoms with Crippen LogP contribution in [0.5, 0.6) is 0 Å². The molecule has 0 saturated carbocycles. The number of carbonyl (C=O) groups excluding carboxylic acids is 2. The zero-order chi connectivity index (χ0) is 12.4. The highest BCUT2D eigenvalue weighted by molar-refractivity contribution is 5.82. The van der Waals surface area contributed by atoms with Crippen molar-refractivity contribution in [1.29, 1.82) is 0 Å². The van der Waals surface area contributed by atoms with Crippen LogP contribution in [0.1, 0.15) is 39.0 Å². The second-order valence-electron chi connectivity index (χ2n) is 3.62. The molecular formula is C11H20O5. The Kier molecular flexibility index (Phi) is 8.75. The minimum Gasteiger partial charge on any atom is -0.457 e. The number of aliphatic hydroxyl groups excluding tert-OH is 2. The Bertz CT molecular complexity index is 210. The largest absolute Gasteiger partial charge is 0.457 e. The second-order valence-corrected chi connectivity index (χ2v) is 3.62. The Hall–Kier alpha value is -0.940. The van der Waals surface area contributed by atoms with Crippen LogP contribution in [0.4, 0.5) is 0 Å². The number of ketones is 1. The number of unbranched alkanes of at least 4 members (excludes halogenated alkanes) is 1. The third kappa shape index (κ3) is 7.36. The van der Waals surface area contributed by atoms with Gasteiger partial charge in [0.15, 0.2) is 0 Å². The summed E-state index contributed by atoms with van der Waals surface area (Å²) in [4.78, 5) is 22.4. The highest BCUT2D eigenvalue weighted by Gasteiger charge is 2.13. The van der Waals surface area contributed by atoms with Gasteiger partial charge in [-0.1, -0.05) is 13.3 Å². The summed E-state index contributed by atoms with van der Waals surface area (Å²) in [7, 11) is 0. The zero-order valence-electron chi connectivity index (χ0n) is 9.65. The molecule has 0 unspecified atom stereocenters. The van der Waals surface area contributed by atoms with Gasteiger partial charge in [-0.3, -0.25) is 9.59 Å². The fraction of sp³-hybridized carbons (Fsp3) is 0.818. The Morgan fingerprint density at radius 3 is 2.25 bits per heavy atom. The van der Waals surface area contributed by atoms with Crippen LogP contribution < -0.4 is 0 Å². The van der Waals surface area contributed by atoms with Crippen molar-refractivity contribution in [3.05, 3.63) is 0 Å². The number of hydrogen-bond acceptors (Lipinski definition) is 5. The number of aliphatic hydroxyl groups is 2. The van der Waals surface area contributed by atoms with Crippen LogP contribution in [0.25, 0.3) is 0 Å². The summed E-state index contributed by atoms with van der Waals surface area (Å²) in [6.45, 7) is 1.17. The lowest BCUT2D eigenvalue weighted by atomic mass is 10.1. The van der Waals surface area contributed by atoms with E-state index in [0.29, 0.717) is 6.42 Å². The summed E-state index contributed by atoms with van der Waals surface area (Å²) in [5, 5.41) is 17.3. The van der Waals surface area contributed by atoms with E-state index < -0.39 is 25.3 Å². The van der Waals surface area contributed by atoms with Gasteiger partial charge in [0, 0.05) is 12.8 Å². The van der Waals surface area contributed by atoms with Crippen LogP contribution in [0, 0.1) is 0 Å². The van der Waals surface area contributed by atoms with E-state index in [4.69, 9.17) is 14.9 Å². The first-order valence-electron chi connectivity index (χ1n) is 5.56. The van der Waals surface area contributed by atoms with Crippen molar-refractivity contribution in [3.63, 3.8) is 0 Å². The predicted octanol–water partition coefficient (Wildman–Crippen LogP) is 0.422. The molecule has 0 atom stereocenters. The monoisotopic (exact) mass is 232 g/mol. The van der Waals surface area contributed by atoms with E-state index in [0.717, 1.165) is 12.8 Å². The van der Waals surface area contributed by atoms with Crippen molar-refractivity contribution >= 4 is 11.8 Å². The molecule has 0 aliphatic rings. The summed E-state index contributed by atoms with van der Waals surface area (Å²) in [6, 6.07) is 0. The minimum absolute atomic E-state index is 0.0129. The summed E-state index contributed by atoms with van der Waals surface area (Å²) >= 11 is 0. The molecule has 0 rings (SSSR count). The molecule has 94 valence electrons. The van der Waals surface area contributed by atoms with E-state index in [1.54, 1.807) is 0 Å². The van der Waals surface area contributed by atoms with Gasteiger partial charge in [0.25, 0.3) is 0 Å². The molecule has 2 N–H and O–H groups in total. The molecule has 0 aromatic rings. The van der Waals surface area contributed by atoms with Crippen LogP contribution in [-0.2, 0) is 14.3 Å². The molecule has 0 aromatic heterocycles. The van der Waals surface area contributed by atoms with Crippen molar-refractivity contribution in [2.75, 3.05) is 13.2 Å². The summed E-state index contributed by atoms with van der Waals surface area (Å²) < 4.78 is 4.71. The normalized spacial score (nSPS) is 10.5. The number of esters is 1. The molecule has 0 aromatic carbocycles. The molecule has 5 nitrogen and oxygen atoms in total. The van der Waals surface area contributed by atoms with E-state index in [9.17, 15) is 9.59 Å². The van der Waals surface area contributed by atoms with Crippen molar-refractivity contribution < 1.29 is 24.5 Å². The number of rotatable bonds is 9. The van der Waals surface area contributed by atoms with Gasteiger partial charge in [-0.2, -0.15) is 0 Å². The van der Waals surface area contributed by atoms with Crippen molar-refractivity contribution in [2.24, 2.45) is 0 Å². The van der Waals surface area contributed by atoms with Gasteiger partial charge in [-0.25, -0.2) is 0 Å². The lowest BCUT2D eigenvalue weighted by Gasteiger charge is -2.12. The van der Waals surface area contributed by atoms with Crippen molar-refractivity contribution in [2.45, 2.75) is 45.1 Å².